The van der Waals surface area contributed by atoms with Gasteiger partial charge < -0.3 is 9.64 Å². The molecule has 7 heteroatoms. The van der Waals surface area contributed by atoms with Crippen LogP contribution in [0.4, 0.5) is 0 Å². The number of hydrogen-bond donors (Lipinski definition) is 0. The van der Waals surface area contributed by atoms with E-state index in [2.05, 4.69) is 16.1 Å². The summed E-state index contributed by atoms with van der Waals surface area (Å²) >= 11 is 0. The Morgan fingerprint density at radius 3 is 2.58 bits per heavy atom. The minimum Gasteiger partial charge on any atom is -0.497 e. The van der Waals surface area contributed by atoms with Crippen molar-refractivity contribution in [2.24, 2.45) is 0 Å². The highest BCUT2D eigenvalue weighted by molar-refractivity contribution is 5.76. The zero-order valence-electron chi connectivity index (χ0n) is 17.8. The highest BCUT2D eigenvalue weighted by atomic mass is 16.5. The molecule has 1 unspecified atom stereocenters. The van der Waals surface area contributed by atoms with Crippen molar-refractivity contribution in [2.75, 3.05) is 13.7 Å². The van der Waals surface area contributed by atoms with Crippen molar-refractivity contribution in [2.45, 2.75) is 38.8 Å². The van der Waals surface area contributed by atoms with Gasteiger partial charge in [0, 0.05) is 18.8 Å². The van der Waals surface area contributed by atoms with Gasteiger partial charge in [-0.15, -0.1) is 0 Å². The van der Waals surface area contributed by atoms with Crippen LogP contribution in [0.3, 0.4) is 0 Å². The predicted molar refractivity (Wildman–Crippen MR) is 117 cm³/mol. The first kappa shape index (κ1) is 20.8. The Bertz CT molecular complexity index is 1110. The molecular weight excluding hydrogens is 392 g/mol. The summed E-state index contributed by atoms with van der Waals surface area (Å²) < 4.78 is 6.44. The number of likely N-dealkylation sites (tertiary alicyclic amines) is 1. The van der Waals surface area contributed by atoms with Crippen molar-refractivity contribution >= 4 is 5.91 Å². The maximum atomic E-state index is 12.9. The molecule has 160 valence electrons. The van der Waals surface area contributed by atoms with Crippen LogP contribution in [0.1, 0.15) is 41.4 Å². The Hall–Kier alpha value is -3.48. The number of carbonyl (C=O) groups is 1. The molecule has 0 radical (unpaired) electrons. The van der Waals surface area contributed by atoms with Crippen LogP contribution in [0.5, 0.6) is 5.75 Å². The molecule has 7 nitrogen and oxygen atoms in total. The first-order chi connectivity index (χ1) is 15.0. The number of carbonyl (C=O) groups excluding carboxylic acids is 1. The van der Waals surface area contributed by atoms with Gasteiger partial charge in [0.15, 0.2) is 0 Å². The quantitative estimate of drug-likeness (QED) is 0.615. The maximum Gasteiger partial charge on any atom is 0.267 e. The summed E-state index contributed by atoms with van der Waals surface area (Å²) in [6.45, 7) is 2.42. The van der Waals surface area contributed by atoms with E-state index in [1.807, 2.05) is 41.4 Å². The standard InChI is InChI=1S/C24H26N4O3/c1-17-5-12-23(29)28(26-17)16-24(30)27-13-3-4-22(27)21-11-8-19(15-25-21)14-18-6-9-20(31-2)10-7-18/h5-12,15,22H,3-4,13-14,16H2,1-2H3. The Morgan fingerprint density at radius 1 is 1.10 bits per heavy atom. The summed E-state index contributed by atoms with van der Waals surface area (Å²) in [5, 5.41) is 4.18. The van der Waals surface area contributed by atoms with Gasteiger partial charge in [-0.1, -0.05) is 18.2 Å². The fourth-order valence-corrected chi connectivity index (χ4v) is 3.97. The number of hydrogen-bond acceptors (Lipinski definition) is 5. The minimum absolute atomic E-state index is 0.0490. The van der Waals surface area contributed by atoms with E-state index >= 15 is 0 Å². The van der Waals surface area contributed by atoms with Crippen molar-refractivity contribution in [3.63, 3.8) is 0 Å². The number of aromatic nitrogens is 3. The van der Waals surface area contributed by atoms with Gasteiger partial charge in [0.2, 0.25) is 5.91 Å². The van der Waals surface area contributed by atoms with Gasteiger partial charge in [-0.25, -0.2) is 4.68 Å². The van der Waals surface area contributed by atoms with Gasteiger partial charge in [-0.3, -0.25) is 14.6 Å². The van der Waals surface area contributed by atoms with Crippen molar-refractivity contribution in [3.05, 3.63) is 87.6 Å². The first-order valence-corrected chi connectivity index (χ1v) is 10.5. The van der Waals surface area contributed by atoms with Gasteiger partial charge >= 0.3 is 0 Å². The molecule has 31 heavy (non-hydrogen) atoms. The molecule has 1 atom stereocenters. The molecule has 1 aliphatic rings. The van der Waals surface area contributed by atoms with Gasteiger partial charge in [0.1, 0.15) is 12.3 Å². The van der Waals surface area contributed by atoms with Crippen molar-refractivity contribution in [1.82, 2.24) is 19.7 Å². The molecule has 0 N–H and O–H groups in total. The summed E-state index contributed by atoms with van der Waals surface area (Å²) in [5.74, 6) is 0.734. The average molecular weight is 418 g/mol. The van der Waals surface area contributed by atoms with Gasteiger partial charge in [-0.05, 0) is 61.6 Å². The number of pyridine rings is 1. The van der Waals surface area contributed by atoms with Crippen LogP contribution in [0.15, 0.2) is 59.5 Å². The zero-order valence-corrected chi connectivity index (χ0v) is 17.8. The number of methoxy groups -OCH3 is 1. The minimum atomic E-state index is -0.268. The third-order valence-electron chi connectivity index (χ3n) is 5.61. The van der Waals surface area contributed by atoms with Gasteiger partial charge in [0.25, 0.3) is 5.56 Å². The van der Waals surface area contributed by atoms with E-state index in [-0.39, 0.29) is 24.1 Å². The van der Waals surface area contributed by atoms with Crippen molar-refractivity contribution < 1.29 is 9.53 Å². The van der Waals surface area contributed by atoms with Crippen LogP contribution in [-0.2, 0) is 17.8 Å². The van der Waals surface area contributed by atoms with Crippen molar-refractivity contribution in [3.8, 4) is 5.75 Å². The maximum absolute atomic E-state index is 12.9. The first-order valence-electron chi connectivity index (χ1n) is 10.5. The van der Waals surface area contributed by atoms with Crippen LogP contribution in [0, 0.1) is 6.92 Å². The van der Waals surface area contributed by atoms with E-state index in [0.29, 0.717) is 12.2 Å². The normalized spacial score (nSPS) is 15.8. The van der Waals surface area contributed by atoms with E-state index in [1.54, 1.807) is 20.1 Å². The Kier molecular flexibility index (Phi) is 6.11. The summed E-state index contributed by atoms with van der Waals surface area (Å²) in [6, 6.07) is 15.1. The Balaban J connectivity index is 1.44. The lowest BCUT2D eigenvalue weighted by Crippen LogP contribution is -2.37. The molecule has 0 saturated carbocycles. The number of benzene rings is 1. The van der Waals surface area contributed by atoms with Crippen LogP contribution in [0.2, 0.25) is 0 Å². The van der Waals surface area contributed by atoms with Crippen LogP contribution < -0.4 is 10.3 Å². The van der Waals surface area contributed by atoms with Crippen molar-refractivity contribution in [1.29, 1.82) is 0 Å². The number of aryl methyl sites for hydroxylation is 1. The van der Waals surface area contributed by atoms with E-state index in [0.717, 1.165) is 36.3 Å². The molecule has 1 amide bonds. The molecule has 0 aliphatic carbocycles. The second-order valence-electron chi connectivity index (χ2n) is 7.83. The fourth-order valence-electron chi connectivity index (χ4n) is 3.97. The van der Waals surface area contributed by atoms with E-state index < -0.39 is 0 Å². The third-order valence-corrected chi connectivity index (χ3v) is 5.61. The Labute approximate surface area is 181 Å². The number of rotatable bonds is 6. The average Bonchev–Trinajstić information content (AvgIpc) is 3.27. The summed E-state index contributed by atoms with van der Waals surface area (Å²) in [5.41, 5.74) is 3.62. The van der Waals surface area contributed by atoms with E-state index in [9.17, 15) is 9.59 Å². The summed E-state index contributed by atoms with van der Waals surface area (Å²) in [6.07, 6.45) is 4.45. The molecule has 2 aromatic heterocycles. The zero-order chi connectivity index (χ0) is 21.8. The highest BCUT2D eigenvalue weighted by Gasteiger charge is 2.31. The largest absolute Gasteiger partial charge is 0.497 e. The molecule has 3 heterocycles. The van der Waals surface area contributed by atoms with E-state index in [4.69, 9.17) is 4.74 Å². The lowest BCUT2D eigenvalue weighted by atomic mass is 10.0. The highest BCUT2D eigenvalue weighted by Crippen LogP contribution is 2.31. The molecule has 1 fully saturated rings. The van der Waals surface area contributed by atoms with Gasteiger partial charge in [0.05, 0.1) is 24.5 Å². The molecule has 4 rings (SSSR count). The lowest BCUT2D eigenvalue weighted by Gasteiger charge is -2.24. The monoisotopic (exact) mass is 418 g/mol. The Morgan fingerprint density at radius 2 is 1.87 bits per heavy atom. The molecule has 0 bridgehead atoms. The second kappa shape index (κ2) is 9.12. The molecule has 1 saturated heterocycles. The lowest BCUT2D eigenvalue weighted by molar-refractivity contribution is -0.133. The number of ether oxygens (including phenoxy) is 1. The fraction of sp³-hybridized carbons (Fsp3) is 0.333. The van der Waals surface area contributed by atoms with E-state index in [1.165, 1.54) is 16.3 Å². The molecule has 1 aromatic carbocycles. The SMILES string of the molecule is COc1ccc(Cc2ccc(C3CCCN3C(=O)Cn3nc(C)ccc3=O)nc2)cc1. The smallest absolute Gasteiger partial charge is 0.267 e. The summed E-state index contributed by atoms with van der Waals surface area (Å²) in [4.78, 5) is 31.4. The molecule has 0 spiro atoms. The predicted octanol–water partition coefficient (Wildman–Crippen LogP) is 2.91. The summed E-state index contributed by atoms with van der Waals surface area (Å²) in [7, 11) is 1.66. The topological polar surface area (TPSA) is 77.3 Å². The second-order valence-corrected chi connectivity index (χ2v) is 7.83. The third kappa shape index (κ3) is 4.82. The van der Waals surface area contributed by atoms with Gasteiger partial charge in [-0.2, -0.15) is 5.10 Å². The number of amides is 1. The molecule has 3 aromatic rings. The van der Waals surface area contributed by atoms with Crippen LogP contribution >= 0.6 is 0 Å². The molecule has 1 aliphatic heterocycles. The van der Waals surface area contributed by atoms with Crippen LogP contribution in [-0.4, -0.2) is 39.2 Å². The molecular formula is C24H26N4O3. The number of nitrogens with zero attached hydrogens (tertiary/aromatic N) is 4. The van der Waals surface area contributed by atoms with Crippen LogP contribution in [0.25, 0.3) is 0 Å².